The molecule has 0 aliphatic heterocycles. The van der Waals surface area contributed by atoms with Gasteiger partial charge in [-0.25, -0.2) is 0 Å². The van der Waals surface area contributed by atoms with Gasteiger partial charge in [0.2, 0.25) is 0 Å². The number of hydrogen-bond acceptors (Lipinski definition) is 2. The summed E-state index contributed by atoms with van der Waals surface area (Å²) < 4.78 is 6.79. The standard InChI is InChI=1S/C20H15BrO2/c1-14-2-4-15(5-3-14)19(22)12-10-18-11-13-20(23-18)16-6-8-17(21)9-7-16/h2-13H,1H3. The summed E-state index contributed by atoms with van der Waals surface area (Å²) in [5, 5.41) is 0. The van der Waals surface area contributed by atoms with Crippen LogP contribution in [-0.4, -0.2) is 5.78 Å². The summed E-state index contributed by atoms with van der Waals surface area (Å²) in [4.78, 5) is 12.1. The van der Waals surface area contributed by atoms with Gasteiger partial charge in [-0.2, -0.15) is 0 Å². The van der Waals surface area contributed by atoms with Crippen LogP contribution in [-0.2, 0) is 0 Å². The van der Waals surface area contributed by atoms with Crippen LogP contribution in [0.3, 0.4) is 0 Å². The number of furan rings is 1. The Bertz CT molecular complexity index is 840. The smallest absolute Gasteiger partial charge is 0.185 e. The highest BCUT2D eigenvalue weighted by Gasteiger charge is 2.04. The predicted octanol–water partition coefficient (Wildman–Crippen LogP) is 5.91. The van der Waals surface area contributed by atoms with Crippen molar-refractivity contribution in [3.8, 4) is 11.3 Å². The maximum Gasteiger partial charge on any atom is 0.185 e. The van der Waals surface area contributed by atoms with Gasteiger partial charge in [-0.15, -0.1) is 0 Å². The summed E-state index contributed by atoms with van der Waals surface area (Å²) >= 11 is 3.41. The molecule has 23 heavy (non-hydrogen) atoms. The summed E-state index contributed by atoms with van der Waals surface area (Å²) in [6.45, 7) is 2.00. The quantitative estimate of drug-likeness (QED) is 0.424. The second-order valence-electron chi connectivity index (χ2n) is 5.27. The molecule has 0 saturated heterocycles. The molecule has 0 radical (unpaired) electrons. The zero-order chi connectivity index (χ0) is 16.2. The molecule has 0 aliphatic carbocycles. The van der Waals surface area contributed by atoms with E-state index in [1.54, 1.807) is 6.08 Å². The maximum atomic E-state index is 12.1. The minimum Gasteiger partial charge on any atom is -0.457 e. The zero-order valence-electron chi connectivity index (χ0n) is 12.6. The molecule has 0 aliphatic rings. The van der Waals surface area contributed by atoms with Crippen LogP contribution >= 0.6 is 15.9 Å². The number of carbonyl (C=O) groups is 1. The fraction of sp³-hybridized carbons (Fsp3) is 0.0500. The number of halogens is 1. The van der Waals surface area contributed by atoms with E-state index >= 15 is 0 Å². The lowest BCUT2D eigenvalue weighted by molar-refractivity contribution is 0.104. The maximum absolute atomic E-state index is 12.1. The average molecular weight is 367 g/mol. The van der Waals surface area contributed by atoms with Crippen LogP contribution in [0.2, 0.25) is 0 Å². The first-order valence-corrected chi connectivity index (χ1v) is 8.06. The number of carbonyl (C=O) groups excluding carboxylic acids is 1. The van der Waals surface area contributed by atoms with Gasteiger partial charge in [-0.3, -0.25) is 4.79 Å². The number of hydrogen-bond donors (Lipinski definition) is 0. The van der Waals surface area contributed by atoms with Gasteiger partial charge < -0.3 is 4.42 Å². The Morgan fingerprint density at radius 2 is 1.65 bits per heavy atom. The number of rotatable bonds is 4. The van der Waals surface area contributed by atoms with Crippen molar-refractivity contribution in [1.29, 1.82) is 0 Å². The zero-order valence-corrected chi connectivity index (χ0v) is 14.2. The van der Waals surface area contributed by atoms with Crippen molar-refractivity contribution in [2.24, 2.45) is 0 Å². The Morgan fingerprint density at radius 1 is 0.957 bits per heavy atom. The van der Waals surface area contributed by atoms with Gasteiger partial charge in [0.15, 0.2) is 5.78 Å². The van der Waals surface area contributed by atoms with Crippen LogP contribution < -0.4 is 0 Å². The molecule has 0 spiro atoms. The second kappa shape index (κ2) is 6.80. The third-order valence-electron chi connectivity index (χ3n) is 3.49. The van der Waals surface area contributed by atoms with Crippen molar-refractivity contribution in [2.75, 3.05) is 0 Å². The molecule has 3 rings (SSSR count). The van der Waals surface area contributed by atoms with E-state index in [1.165, 1.54) is 6.08 Å². The average Bonchev–Trinajstić information content (AvgIpc) is 3.03. The van der Waals surface area contributed by atoms with Crippen LogP contribution in [0.25, 0.3) is 17.4 Å². The number of ketones is 1. The van der Waals surface area contributed by atoms with E-state index in [4.69, 9.17) is 4.42 Å². The second-order valence-corrected chi connectivity index (χ2v) is 6.19. The summed E-state index contributed by atoms with van der Waals surface area (Å²) in [5.41, 5.74) is 2.81. The molecule has 2 nitrogen and oxygen atoms in total. The van der Waals surface area contributed by atoms with Crippen LogP contribution in [0.4, 0.5) is 0 Å². The summed E-state index contributed by atoms with van der Waals surface area (Å²) in [6, 6.07) is 19.2. The number of allylic oxidation sites excluding steroid dienone is 1. The Hall–Kier alpha value is -2.39. The first-order valence-electron chi connectivity index (χ1n) is 7.27. The molecule has 2 aromatic carbocycles. The monoisotopic (exact) mass is 366 g/mol. The fourth-order valence-electron chi connectivity index (χ4n) is 2.18. The molecular formula is C20H15BrO2. The summed E-state index contributed by atoms with van der Waals surface area (Å²) in [7, 11) is 0. The largest absolute Gasteiger partial charge is 0.457 e. The van der Waals surface area contributed by atoms with E-state index in [1.807, 2.05) is 67.6 Å². The molecule has 0 fully saturated rings. The van der Waals surface area contributed by atoms with E-state index in [0.29, 0.717) is 11.3 Å². The van der Waals surface area contributed by atoms with Gasteiger partial charge in [-0.1, -0.05) is 57.9 Å². The molecule has 0 N–H and O–H groups in total. The fourth-order valence-corrected chi connectivity index (χ4v) is 2.45. The third kappa shape index (κ3) is 3.88. The number of benzene rings is 2. The first kappa shape index (κ1) is 15.5. The molecule has 3 aromatic rings. The van der Waals surface area contributed by atoms with E-state index in [0.717, 1.165) is 21.4 Å². The molecule has 1 heterocycles. The van der Waals surface area contributed by atoms with Crippen LogP contribution in [0.5, 0.6) is 0 Å². The van der Waals surface area contributed by atoms with E-state index < -0.39 is 0 Å². The highest BCUT2D eigenvalue weighted by atomic mass is 79.9. The first-order chi connectivity index (χ1) is 11.1. The van der Waals surface area contributed by atoms with Gasteiger partial charge in [0.05, 0.1) is 0 Å². The molecule has 0 atom stereocenters. The molecule has 0 unspecified atom stereocenters. The molecule has 3 heteroatoms. The van der Waals surface area contributed by atoms with Gasteiger partial charge in [0, 0.05) is 15.6 Å². The highest BCUT2D eigenvalue weighted by Crippen LogP contribution is 2.24. The normalized spacial score (nSPS) is 11.0. The predicted molar refractivity (Wildman–Crippen MR) is 96.4 cm³/mol. The van der Waals surface area contributed by atoms with Crippen LogP contribution in [0, 0.1) is 6.92 Å². The minimum atomic E-state index is -0.0356. The van der Waals surface area contributed by atoms with Gasteiger partial charge in [0.25, 0.3) is 0 Å². The van der Waals surface area contributed by atoms with Crippen LogP contribution in [0.15, 0.2) is 75.6 Å². The van der Waals surface area contributed by atoms with Gasteiger partial charge in [0.1, 0.15) is 11.5 Å². The van der Waals surface area contributed by atoms with Crippen molar-refractivity contribution in [3.05, 3.63) is 88.1 Å². The number of aryl methyl sites for hydroxylation is 1. The SMILES string of the molecule is Cc1ccc(C(=O)C=Cc2ccc(-c3ccc(Br)cc3)o2)cc1. The van der Waals surface area contributed by atoms with Crippen molar-refractivity contribution in [1.82, 2.24) is 0 Å². The lowest BCUT2D eigenvalue weighted by Crippen LogP contribution is -1.93. The van der Waals surface area contributed by atoms with Crippen LogP contribution in [0.1, 0.15) is 21.7 Å². The Labute approximate surface area is 143 Å². The molecular weight excluding hydrogens is 352 g/mol. The molecule has 0 saturated carbocycles. The molecule has 114 valence electrons. The Morgan fingerprint density at radius 3 is 2.35 bits per heavy atom. The van der Waals surface area contributed by atoms with Crippen molar-refractivity contribution >= 4 is 27.8 Å². The van der Waals surface area contributed by atoms with Crippen molar-refractivity contribution < 1.29 is 9.21 Å². The third-order valence-corrected chi connectivity index (χ3v) is 4.02. The van der Waals surface area contributed by atoms with Gasteiger partial charge in [-0.05, 0) is 43.3 Å². The van der Waals surface area contributed by atoms with Crippen molar-refractivity contribution in [2.45, 2.75) is 6.92 Å². The lowest BCUT2D eigenvalue weighted by atomic mass is 10.1. The lowest BCUT2D eigenvalue weighted by Gasteiger charge is -1.97. The highest BCUT2D eigenvalue weighted by molar-refractivity contribution is 9.10. The summed E-state index contributed by atoms with van der Waals surface area (Å²) in [5.74, 6) is 1.40. The van der Waals surface area contributed by atoms with Crippen molar-refractivity contribution in [3.63, 3.8) is 0 Å². The van der Waals surface area contributed by atoms with E-state index in [9.17, 15) is 4.79 Å². The Balaban J connectivity index is 1.74. The summed E-state index contributed by atoms with van der Waals surface area (Å²) in [6.07, 6.45) is 3.24. The van der Waals surface area contributed by atoms with E-state index in [-0.39, 0.29) is 5.78 Å². The molecule has 1 aromatic heterocycles. The minimum absolute atomic E-state index is 0.0356. The molecule has 0 bridgehead atoms. The van der Waals surface area contributed by atoms with Gasteiger partial charge >= 0.3 is 0 Å². The Kier molecular flexibility index (Phi) is 4.58. The molecule has 0 amide bonds. The van der Waals surface area contributed by atoms with E-state index in [2.05, 4.69) is 15.9 Å². The topological polar surface area (TPSA) is 30.2 Å².